The average Bonchev–Trinajstić information content (AvgIpc) is 2.73. The molecule has 110 valence electrons. The second kappa shape index (κ2) is 5.04. The molecule has 1 heterocycles. The third kappa shape index (κ3) is 2.14. The van der Waals surface area contributed by atoms with Crippen LogP contribution >= 0.6 is 0 Å². The molecule has 0 N–H and O–H groups in total. The van der Waals surface area contributed by atoms with Crippen molar-refractivity contribution in [2.75, 3.05) is 14.2 Å². The van der Waals surface area contributed by atoms with Gasteiger partial charge in [-0.3, -0.25) is 0 Å². The summed E-state index contributed by atoms with van der Waals surface area (Å²) >= 11 is 0. The second-order valence-electron chi connectivity index (χ2n) is 6.40. The van der Waals surface area contributed by atoms with Crippen LogP contribution in [0.4, 0.5) is 0 Å². The minimum absolute atomic E-state index is 0.0197. The zero-order valence-corrected chi connectivity index (χ0v) is 13.4. The molecule has 0 bridgehead atoms. The van der Waals surface area contributed by atoms with Gasteiger partial charge in [0.2, 0.25) is 0 Å². The minimum Gasteiger partial charge on any atom is -0.410 e. The van der Waals surface area contributed by atoms with Crippen molar-refractivity contribution in [3.05, 3.63) is 41.0 Å². The summed E-state index contributed by atoms with van der Waals surface area (Å²) in [4.78, 5) is 0. The van der Waals surface area contributed by atoms with E-state index in [1.54, 1.807) is 14.2 Å². The van der Waals surface area contributed by atoms with Gasteiger partial charge in [-0.1, -0.05) is 38.1 Å². The molecule has 0 radical (unpaired) electrons. The van der Waals surface area contributed by atoms with Gasteiger partial charge >= 0.3 is 7.12 Å². The van der Waals surface area contributed by atoms with E-state index in [2.05, 4.69) is 55.8 Å². The molecule has 0 saturated heterocycles. The fraction of sp³-hybridized carbons (Fsp3) is 0.412. The summed E-state index contributed by atoms with van der Waals surface area (Å²) in [6, 6.07) is 8.56. The van der Waals surface area contributed by atoms with E-state index in [0.29, 0.717) is 0 Å². The molecule has 1 aliphatic carbocycles. The van der Waals surface area contributed by atoms with Crippen LogP contribution < -0.4 is 0 Å². The molecule has 3 nitrogen and oxygen atoms in total. The van der Waals surface area contributed by atoms with Crippen molar-refractivity contribution in [1.29, 1.82) is 0 Å². The Bertz CT molecular complexity index is 711. The highest BCUT2D eigenvalue weighted by molar-refractivity contribution is 6.55. The first kappa shape index (κ1) is 14.4. The summed E-state index contributed by atoms with van der Waals surface area (Å²) in [7, 11) is 5.26. The molecule has 0 unspecified atom stereocenters. The van der Waals surface area contributed by atoms with Gasteiger partial charge in [0.1, 0.15) is 0 Å². The number of hydrogen-bond donors (Lipinski definition) is 0. The highest BCUT2D eigenvalue weighted by Crippen LogP contribution is 2.42. The summed E-state index contributed by atoms with van der Waals surface area (Å²) in [6.07, 6.45) is 3.25. The van der Waals surface area contributed by atoms with Gasteiger partial charge in [0.05, 0.1) is 0 Å². The molecule has 0 atom stereocenters. The zero-order valence-electron chi connectivity index (χ0n) is 13.4. The first-order valence-corrected chi connectivity index (χ1v) is 7.33. The van der Waals surface area contributed by atoms with Crippen molar-refractivity contribution in [3.8, 4) is 0 Å². The Morgan fingerprint density at radius 1 is 1.14 bits per heavy atom. The van der Waals surface area contributed by atoms with Crippen LogP contribution in [-0.2, 0) is 22.8 Å². The summed E-state index contributed by atoms with van der Waals surface area (Å²) in [5.74, 6) is 0. The van der Waals surface area contributed by atoms with Crippen molar-refractivity contribution in [2.24, 2.45) is 12.5 Å². The summed E-state index contributed by atoms with van der Waals surface area (Å²) < 4.78 is 13.3. The van der Waals surface area contributed by atoms with Crippen LogP contribution in [0.25, 0.3) is 17.0 Å². The predicted molar refractivity (Wildman–Crippen MR) is 88.2 cm³/mol. The van der Waals surface area contributed by atoms with Crippen molar-refractivity contribution >= 4 is 24.1 Å². The van der Waals surface area contributed by atoms with E-state index in [1.807, 2.05) is 0 Å². The van der Waals surface area contributed by atoms with Crippen LogP contribution in [0.2, 0.25) is 0 Å². The van der Waals surface area contributed by atoms with Gasteiger partial charge < -0.3 is 13.9 Å². The summed E-state index contributed by atoms with van der Waals surface area (Å²) in [5.41, 5.74) is 5.20. The monoisotopic (exact) mass is 283 g/mol. The Morgan fingerprint density at radius 3 is 2.48 bits per heavy atom. The van der Waals surface area contributed by atoms with E-state index in [0.717, 1.165) is 6.42 Å². The number of benzene rings is 1. The Labute approximate surface area is 126 Å². The normalized spacial score (nSPS) is 16.7. The highest BCUT2D eigenvalue weighted by Gasteiger charge is 2.39. The van der Waals surface area contributed by atoms with E-state index < -0.39 is 0 Å². The van der Waals surface area contributed by atoms with Gasteiger partial charge in [-0.15, -0.1) is 0 Å². The lowest BCUT2D eigenvalue weighted by Crippen LogP contribution is -2.35. The molecule has 0 amide bonds. The molecule has 0 spiro atoms. The molecular formula is C17H22BNO2. The third-order valence-electron chi connectivity index (χ3n) is 4.64. The molecule has 0 fully saturated rings. The molecule has 0 saturated carbocycles. The molecule has 0 aliphatic heterocycles. The molecular weight excluding hydrogens is 261 g/mol. The Hall–Kier alpha value is -1.52. The van der Waals surface area contributed by atoms with Crippen LogP contribution in [0.3, 0.4) is 0 Å². The van der Waals surface area contributed by atoms with Gasteiger partial charge in [0.15, 0.2) is 0 Å². The van der Waals surface area contributed by atoms with Crippen molar-refractivity contribution in [3.63, 3.8) is 0 Å². The van der Waals surface area contributed by atoms with Crippen molar-refractivity contribution < 1.29 is 9.31 Å². The number of fused-ring (bicyclic) bond motifs is 3. The molecule has 21 heavy (non-hydrogen) atoms. The SMILES string of the molecule is COB(OC)C1=Cc2c(n(C)c3ccccc23)CC1(C)C. The quantitative estimate of drug-likeness (QED) is 0.805. The number of aromatic nitrogens is 1. The second-order valence-corrected chi connectivity index (χ2v) is 6.40. The van der Waals surface area contributed by atoms with E-state index in [4.69, 9.17) is 9.31 Å². The van der Waals surface area contributed by atoms with Gasteiger partial charge in [0.25, 0.3) is 0 Å². The fourth-order valence-electron chi connectivity index (χ4n) is 3.46. The minimum atomic E-state index is -0.285. The summed E-state index contributed by atoms with van der Waals surface area (Å²) in [6.45, 7) is 4.51. The van der Waals surface area contributed by atoms with E-state index in [1.165, 1.54) is 27.6 Å². The van der Waals surface area contributed by atoms with Crippen LogP contribution in [0.15, 0.2) is 29.7 Å². The molecule has 4 heteroatoms. The van der Waals surface area contributed by atoms with Crippen LogP contribution in [0.1, 0.15) is 25.1 Å². The number of rotatable bonds is 3. The maximum Gasteiger partial charge on any atom is 0.489 e. The Balaban J connectivity index is 2.26. The first-order valence-electron chi connectivity index (χ1n) is 7.33. The number of nitrogens with zero attached hydrogens (tertiary/aromatic N) is 1. The predicted octanol–water partition coefficient (Wildman–Crippen LogP) is 3.46. The first-order chi connectivity index (χ1) is 9.99. The lowest BCUT2D eigenvalue weighted by molar-refractivity contribution is 0.273. The number of para-hydroxylation sites is 1. The van der Waals surface area contributed by atoms with Crippen molar-refractivity contribution in [1.82, 2.24) is 4.57 Å². The van der Waals surface area contributed by atoms with E-state index in [9.17, 15) is 0 Å². The average molecular weight is 283 g/mol. The fourth-order valence-corrected chi connectivity index (χ4v) is 3.46. The van der Waals surface area contributed by atoms with Gasteiger partial charge in [-0.05, 0) is 23.4 Å². The van der Waals surface area contributed by atoms with Crippen LogP contribution in [0.5, 0.6) is 0 Å². The largest absolute Gasteiger partial charge is 0.489 e. The molecule has 1 aromatic carbocycles. The number of aryl methyl sites for hydroxylation is 1. The number of hydrogen-bond acceptors (Lipinski definition) is 2. The summed E-state index contributed by atoms with van der Waals surface area (Å²) in [5, 5.41) is 1.30. The Kier molecular flexibility index (Phi) is 3.46. The van der Waals surface area contributed by atoms with Gasteiger partial charge in [-0.2, -0.15) is 0 Å². The topological polar surface area (TPSA) is 23.4 Å². The maximum absolute atomic E-state index is 5.51. The molecule has 3 rings (SSSR count). The van der Waals surface area contributed by atoms with Crippen molar-refractivity contribution in [2.45, 2.75) is 20.3 Å². The van der Waals surface area contributed by atoms with Gasteiger partial charge in [0, 0.05) is 43.4 Å². The maximum atomic E-state index is 5.51. The molecule has 1 aliphatic rings. The standard InChI is InChI=1S/C17H22BNO2/c1-17(2)11-15-13(10-16(17)18(20-4)21-5)12-8-6-7-9-14(12)19(15)3/h6-10H,11H2,1-5H3. The lowest BCUT2D eigenvalue weighted by atomic mass is 9.59. The highest BCUT2D eigenvalue weighted by atomic mass is 16.6. The molecule has 2 aromatic rings. The third-order valence-corrected chi connectivity index (χ3v) is 4.64. The lowest BCUT2D eigenvalue weighted by Gasteiger charge is -2.34. The van der Waals surface area contributed by atoms with E-state index >= 15 is 0 Å². The van der Waals surface area contributed by atoms with Crippen LogP contribution in [0, 0.1) is 5.41 Å². The number of allylic oxidation sites excluding steroid dienone is 1. The van der Waals surface area contributed by atoms with Gasteiger partial charge in [-0.25, -0.2) is 0 Å². The van der Waals surface area contributed by atoms with E-state index in [-0.39, 0.29) is 12.5 Å². The molecule has 1 aromatic heterocycles. The Morgan fingerprint density at radius 2 is 1.81 bits per heavy atom. The van der Waals surface area contributed by atoms with Crippen LogP contribution in [-0.4, -0.2) is 25.9 Å². The smallest absolute Gasteiger partial charge is 0.410 e. The zero-order chi connectivity index (χ0) is 15.2.